The minimum absolute atomic E-state index is 0.101. The maximum Gasteiger partial charge on any atom is 0.335 e. The van der Waals surface area contributed by atoms with Crippen molar-refractivity contribution in [1.29, 1.82) is 0 Å². The van der Waals surface area contributed by atoms with E-state index in [4.69, 9.17) is 4.74 Å². The van der Waals surface area contributed by atoms with Crippen LogP contribution in [0, 0.1) is 0 Å². The third kappa shape index (κ3) is 7.09. The Hall–Kier alpha value is -2.87. The first kappa shape index (κ1) is 29.4. The normalized spacial score (nSPS) is 12.9. The lowest BCUT2D eigenvalue weighted by Crippen LogP contribution is -2.21. The summed E-state index contributed by atoms with van der Waals surface area (Å²) >= 11 is 0. The molecule has 36 heavy (non-hydrogen) atoms. The first-order chi connectivity index (χ1) is 16.7. The highest BCUT2D eigenvalue weighted by atomic mass is 32.2. The van der Waals surface area contributed by atoms with E-state index in [1.807, 2.05) is 20.8 Å². The van der Waals surface area contributed by atoms with E-state index in [1.165, 1.54) is 19.2 Å². The van der Waals surface area contributed by atoms with Crippen LogP contribution in [0.3, 0.4) is 0 Å². The predicted molar refractivity (Wildman–Crippen MR) is 143 cm³/mol. The van der Waals surface area contributed by atoms with Gasteiger partial charge >= 0.3 is 5.97 Å². The molecule has 0 aliphatic carbocycles. The summed E-state index contributed by atoms with van der Waals surface area (Å²) in [5.74, 6) is -1.07. The van der Waals surface area contributed by atoms with Gasteiger partial charge in [-0.1, -0.05) is 52.7 Å². The van der Waals surface area contributed by atoms with Gasteiger partial charge in [0.2, 0.25) is 5.91 Å². The Kier molecular flexibility index (Phi) is 9.71. The zero-order chi connectivity index (χ0) is 27.3. The van der Waals surface area contributed by atoms with E-state index >= 15 is 0 Å². The molecule has 0 fully saturated rings. The molecule has 0 radical (unpaired) electrons. The van der Waals surface area contributed by atoms with E-state index in [9.17, 15) is 23.1 Å². The maximum absolute atomic E-state index is 13.2. The van der Waals surface area contributed by atoms with Crippen molar-refractivity contribution in [2.75, 3.05) is 12.4 Å². The molecule has 0 aliphatic rings. The van der Waals surface area contributed by atoms with Gasteiger partial charge in [0.05, 0.1) is 22.8 Å². The number of rotatable bonds is 11. The van der Waals surface area contributed by atoms with Gasteiger partial charge < -0.3 is 15.2 Å². The van der Waals surface area contributed by atoms with Gasteiger partial charge in [-0.15, -0.1) is 0 Å². The van der Waals surface area contributed by atoms with E-state index < -0.39 is 21.1 Å². The molecule has 1 amide bonds. The quantitative estimate of drug-likeness (QED) is 0.369. The highest BCUT2D eigenvalue weighted by Crippen LogP contribution is 2.36. The summed E-state index contributed by atoms with van der Waals surface area (Å²) in [5.41, 5.74) is 1.89. The minimum atomic E-state index is -3.47. The average molecular weight is 518 g/mol. The molecule has 0 aliphatic heterocycles. The molecule has 2 N–H and O–H groups in total. The lowest BCUT2D eigenvalue weighted by atomic mass is 9.85. The smallest absolute Gasteiger partial charge is 0.335 e. The summed E-state index contributed by atoms with van der Waals surface area (Å²) < 4.78 is 30.9. The molecule has 2 aromatic rings. The van der Waals surface area contributed by atoms with Crippen LogP contribution in [0.15, 0.2) is 41.3 Å². The molecule has 1 atom stereocenters. The van der Waals surface area contributed by atoms with Crippen molar-refractivity contribution in [1.82, 2.24) is 0 Å². The zero-order valence-electron chi connectivity index (χ0n) is 22.3. The van der Waals surface area contributed by atoms with Gasteiger partial charge in [0.1, 0.15) is 5.75 Å². The maximum atomic E-state index is 13.2. The number of methoxy groups -OCH3 is 1. The van der Waals surface area contributed by atoms with Crippen LogP contribution >= 0.6 is 0 Å². The third-order valence-corrected chi connectivity index (χ3v) is 8.43. The number of carbonyl (C=O) groups is 2. The highest BCUT2D eigenvalue weighted by Gasteiger charge is 2.26. The van der Waals surface area contributed by atoms with Gasteiger partial charge in [-0.2, -0.15) is 0 Å². The summed E-state index contributed by atoms with van der Waals surface area (Å²) in [5, 5.41) is 11.8. The number of ether oxygens (including phenoxy) is 1. The number of nitrogens with one attached hydrogen (secondary N) is 1. The molecule has 8 heteroatoms. The molecular weight excluding hydrogens is 478 g/mol. The number of amides is 1. The van der Waals surface area contributed by atoms with Crippen LogP contribution in [0.1, 0.15) is 94.6 Å². The van der Waals surface area contributed by atoms with E-state index in [0.29, 0.717) is 11.4 Å². The molecule has 0 saturated carbocycles. The SMILES string of the molecule is CCCCC(CC(=O)Nc1cc(C(=O)O)ccc1C(C)(C)C)c1ccc(S(=O)(=O)C(C)C)cc1OC. The number of carbonyl (C=O) groups excluding carboxylic acids is 1. The van der Waals surface area contributed by atoms with Gasteiger partial charge in [0, 0.05) is 12.1 Å². The van der Waals surface area contributed by atoms with Crippen LogP contribution in [0.2, 0.25) is 0 Å². The zero-order valence-corrected chi connectivity index (χ0v) is 23.2. The first-order valence-electron chi connectivity index (χ1n) is 12.3. The van der Waals surface area contributed by atoms with Crippen molar-refractivity contribution in [2.45, 2.75) is 88.7 Å². The molecule has 0 saturated heterocycles. The van der Waals surface area contributed by atoms with Crippen molar-refractivity contribution < 1.29 is 27.9 Å². The largest absolute Gasteiger partial charge is 0.496 e. The lowest BCUT2D eigenvalue weighted by molar-refractivity contribution is -0.116. The fourth-order valence-corrected chi connectivity index (χ4v) is 5.23. The van der Waals surface area contributed by atoms with Crippen molar-refractivity contribution in [3.05, 3.63) is 53.1 Å². The standard InChI is InChI=1S/C28H39NO6S/c1-8-9-10-19(22-13-12-21(17-25(22)35-7)36(33,34)18(2)3)16-26(30)29-24-15-20(27(31)32)11-14-23(24)28(4,5)6/h11-15,17-19H,8-10,16H2,1-7H3,(H,29,30)(H,31,32). The predicted octanol–water partition coefficient (Wildman–Crippen LogP) is 6.18. The van der Waals surface area contributed by atoms with Gasteiger partial charge in [-0.3, -0.25) is 4.79 Å². The van der Waals surface area contributed by atoms with Crippen LogP contribution in [-0.2, 0) is 20.0 Å². The Morgan fingerprint density at radius 2 is 1.75 bits per heavy atom. The second-order valence-corrected chi connectivity index (χ2v) is 12.9. The lowest BCUT2D eigenvalue weighted by Gasteiger charge is -2.25. The first-order valence-corrected chi connectivity index (χ1v) is 13.9. The molecular formula is C28H39NO6S. The van der Waals surface area contributed by atoms with E-state index in [2.05, 4.69) is 12.2 Å². The number of aromatic carboxylic acids is 1. The fourth-order valence-electron chi connectivity index (χ4n) is 4.16. The third-order valence-electron chi connectivity index (χ3n) is 6.28. The number of sulfone groups is 1. The van der Waals surface area contributed by atoms with Crippen molar-refractivity contribution >= 4 is 27.4 Å². The topological polar surface area (TPSA) is 110 Å². The van der Waals surface area contributed by atoms with E-state index in [0.717, 1.165) is 30.4 Å². The Morgan fingerprint density at radius 3 is 2.28 bits per heavy atom. The van der Waals surface area contributed by atoms with E-state index in [-0.39, 0.29) is 34.1 Å². The number of hydrogen-bond acceptors (Lipinski definition) is 5. The van der Waals surface area contributed by atoms with Crippen molar-refractivity contribution in [2.24, 2.45) is 0 Å². The molecule has 0 bridgehead atoms. The summed E-state index contributed by atoms with van der Waals surface area (Å²) in [6, 6.07) is 9.64. The van der Waals surface area contributed by atoms with Gasteiger partial charge in [0.25, 0.3) is 0 Å². The molecule has 2 rings (SSSR count). The molecule has 0 spiro atoms. The summed E-state index contributed by atoms with van der Waals surface area (Å²) in [4.78, 5) is 25.0. The summed E-state index contributed by atoms with van der Waals surface area (Å²) in [6.07, 6.45) is 2.69. The number of carboxylic acids is 1. The molecule has 2 aromatic carbocycles. The second-order valence-electron chi connectivity index (χ2n) is 10.4. The number of unbranched alkanes of at least 4 members (excludes halogenated alkanes) is 1. The Bertz CT molecular complexity index is 1200. The molecule has 198 valence electrons. The second kappa shape index (κ2) is 11.9. The van der Waals surface area contributed by atoms with Crippen LogP contribution in [0.25, 0.3) is 0 Å². The summed E-state index contributed by atoms with van der Waals surface area (Å²) in [7, 11) is -1.98. The average Bonchev–Trinajstić information content (AvgIpc) is 2.80. The Balaban J connectivity index is 2.42. The number of carboxylic acid groups (broad SMARTS) is 1. The fraction of sp³-hybridized carbons (Fsp3) is 0.500. The Morgan fingerprint density at radius 1 is 1.08 bits per heavy atom. The van der Waals surface area contributed by atoms with Crippen LogP contribution < -0.4 is 10.1 Å². The van der Waals surface area contributed by atoms with Gasteiger partial charge in [0.15, 0.2) is 9.84 Å². The molecule has 7 nitrogen and oxygen atoms in total. The molecule has 0 heterocycles. The van der Waals surface area contributed by atoms with Crippen LogP contribution in [0.5, 0.6) is 5.75 Å². The van der Waals surface area contributed by atoms with E-state index in [1.54, 1.807) is 38.1 Å². The number of benzene rings is 2. The van der Waals surface area contributed by atoms with Crippen LogP contribution in [-0.4, -0.2) is 37.8 Å². The van der Waals surface area contributed by atoms with Gasteiger partial charge in [-0.05, 0) is 67.0 Å². The number of hydrogen-bond donors (Lipinski definition) is 2. The van der Waals surface area contributed by atoms with Crippen molar-refractivity contribution in [3.8, 4) is 5.75 Å². The van der Waals surface area contributed by atoms with Crippen molar-refractivity contribution in [3.63, 3.8) is 0 Å². The van der Waals surface area contributed by atoms with Gasteiger partial charge in [-0.25, -0.2) is 13.2 Å². The highest BCUT2D eigenvalue weighted by molar-refractivity contribution is 7.92. The molecule has 1 unspecified atom stereocenters. The molecule has 0 aromatic heterocycles. The summed E-state index contributed by atoms with van der Waals surface area (Å²) in [6.45, 7) is 11.3. The minimum Gasteiger partial charge on any atom is -0.496 e. The Labute approximate surface area is 215 Å². The monoisotopic (exact) mass is 517 g/mol. The number of anilines is 1. The van der Waals surface area contributed by atoms with Crippen LogP contribution in [0.4, 0.5) is 5.69 Å².